The summed E-state index contributed by atoms with van der Waals surface area (Å²) in [5.74, 6) is 5.85. The van der Waals surface area contributed by atoms with E-state index in [4.69, 9.17) is 11.6 Å². The van der Waals surface area contributed by atoms with Crippen LogP contribution in [-0.2, 0) is 0 Å². The van der Waals surface area contributed by atoms with Gasteiger partial charge in [0.2, 0.25) is 0 Å². The summed E-state index contributed by atoms with van der Waals surface area (Å²) in [6.45, 7) is 6.12. The van der Waals surface area contributed by atoms with Crippen LogP contribution in [0.5, 0.6) is 0 Å². The van der Waals surface area contributed by atoms with Crippen molar-refractivity contribution in [3.8, 4) is 11.8 Å². The van der Waals surface area contributed by atoms with Crippen LogP contribution in [0.2, 0.25) is 0 Å². The summed E-state index contributed by atoms with van der Waals surface area (Å²) >= 11 is 6.06. The fourth-order valence-electron chi connectivity index (χ4n) is 0.976. The smallest absolute Gasteiger partial charge is 0.105 e. The zero-order chi connectivity index (χ0) is 7.12. The van der Waals surface area contributed by atoms with Crippen LogP contribution in [0, 0.1) is 17.3 Å². The zero-order valence-electron chi connectivity index (χ0n) is 6.09. The normalized spacial score (nSPS) is 36.9. The Kier molecular flexibility index (Phi) is 1.29. The highest BCUT2D eigenvalue weighted by Gasteiger charge is 2.59. The molecule has 1 fully saturated rings. The lowest BCUT2D eigenvalue weighted by molar-refractivity contribution is 0.629. The highest BCUT2D eigenvalue weighted by Crippen LogP contribution is 2.59. The van der Waals surface area contributed by atoms with E-state index in [-0.39, 0.29) is 10.3 Å². The minimum Gasteiger partial charge on any atom is -0.105 e. The van der Waals surface area contributed by atoms with Crippen molar-refractivity contribution < 1.29 is 0 Å². The topological polar surface area (TPSA) is 0 Å². The van der Waals surface area contributed by atoms with Gasteiger partial charge in [0.25, 0.3) is 0 Å². The molecule has 1 saturated carbocycles. The first-order valence-corrected chi connectivity index (χ1v) is 3.52. The number of hydrogen-bond donors (Lipinski definition) is 0. The monoisotopic (exact) mass is 142 g/mol. The molecule has 0 aromatic carbocycles. The van der Waals surface area contributed by atoms with Gasteiger partial charge in [0.05, 0.1) is 0 Å². The number of alkyl halides is 1. The third-order valence-corrected chi connectivity index (χ3v) is 2.70. The molecule has 9 heavy (non-hydrogen) atoms. The van der Waals surface area contributed by atoms with Gasteiger partial charge in [-0.25, -0.2) is 0 Å². The van der Waals surface area contributed by atoms with Crippen molar-refractivity contribution in [2.45, 2.75) is 32.1 Å². The van der Waals surface area contributed by atoms with Crippen molar-refractivity contribution in [3.63, 3.8) is 0 Å². The lowest BCUT2D eigenvalue weighted by atomic mass is 10.1. The van der Waals surface area contributed by atoms with Crippen molar-refractivity contribution in [1.29, 1.82) is 0 Å². The fraction of sp³-hybridized carbons (Fsp3) is 0.750. The van der Waals surface area contributed by atoms with E-state index in [1.807, 2.05) is 6.92 Å². The van der Waals surface area contributed by atoms with Gasteiger partial charge in [-0.15, -0.1) is 17.5 Å². The molecule has 1 atom stereocenters. The molecule has 1 aliphatic carbocycles. The average Bonchev–Trinajstić information content (AvgIpc) is 2.07. The molecule has 1 aliphatic rings. The van der Waals surface area contributed by atoms with Crippen LogP contribution in [0.1, 0.15) is 27.2 Å². The number of halogens is 1. The van der Waals surface area contributed by atoms with Crippen LogP contribution in [0.4, 0.5) is 0 Å². The Morgan fingerprint density at radius 1 is 1.44 bits per heavy atom. The molecule has 1 heteroatoms. The van der Waals surface area contributed by atoms with E-state index in [0.29, 0.717) is 0 Å². The second-order valence-corrected chi connectivity index (χ2v) is 3.88. The minimum absolute atomic E-state index is 0.193. The largest absolute Gasteiger partial charge is 0.111 e. The third kappa shape index (κ3) is 0.946. The minimum atomic E-state index is -0.193. The van der Waals surface area contributed by atoms with Gasteiger partial charge in [-0.3, -0.25) is 0 Å². The molecule has 0 radical (unpaired) electrons. The van der Waals surface area contributed by atoms with E-state index in [1.165, 1.54) is 0 Å². The quantitative estimate of drug-likeness (QED) is 0.360. The van der Waals surface area contributed by atoms with Gasteiger partial charge in [0.15, 0.2) is 0 Å². The van der Waals surface area contributed by atoms with Crippen LogP contribution in [0.25, 0.3) is 0 Å². The van der Waals surface area contributed by atoms with Crippen LogP contribution >= 0.6 is 11.6 Å². The first-order valence-electron chi connectivity index (χ1n) is 3.15. The summed E-state index contributed by atoms with van der Waals surface area (Å²) in [6.07, 6.45) is 1.03. The predicted octanol–water partition coefficient (Wildman–Crippen LogP) is 2.42. The Labute approximate surface area is 61.6 Å². The van der Waals surface area contributed by atoms with Gasteiger partial charge in [0, 0.05) is 0 Å². The molecule has 1 rings (SSSR count). The molecule has 0 nitrogen and oxygen atoms in total. The highest BCUT2D eigenvalue weighted by atomic mass is 35.5. The molecule has 0 heterocycles. The lowest BCUT2D eigenvalue weighted by Crippen LogP contribution is -2.03. The summed E-state index contributed by atoms with van der Waals surface area (Å²) in [4.78, 5) is -0.193. The Bertz CT molecular complexity index is 182. The van der Waals surface area contributed by atoms with Gasteiger partial charge in [-0.1, -0.05) is 19.8 Å². The zero-order valence-corrected chi connectivity index (χ0v) is 6.84. The SMILES string of the molecule is CC#CC1(Cl)CC1(C)C. The summed E-state index contributed by atoms with van der Waals surface area (Å²) in [5, 5.41) is 0. The third-order valence-electron chi connectivity index (χ3n) is 1.96. The lowest BCUT2D eigenvalue weighted by Gasteiger charge is -2.01. The summed E-state index contributed by atoms with van der Waals surface area (Å²) < 4.78 is 0. The molecule has 0 bridgehead atoms. The van der Waals surface area contributed by atoms with E-state index in [9.17, 15) is 0 Å². The Hall–Kier alpha value is -0.150. The van der Waals surface area contributed by atoms with Gasteiger partial charge < -0.3 is 0 Å². The van der Waals surface area contributed by atoms with Crippen molar-refractivity contribution >= 4 is 11.6 Å². The van der Waals surface area contributed by atoms with Crippen molar-refractivity contribution in [2.24, 2.45) is 5.41 Å². The second kappa shape index (κ2) is 1.67. The Morgan fingerprint density at radius 2 is 1.89 bits per heavy atom. The molecule has 0 aliphatic heterocycles. The van der Waals surface area contributed by atoms with Crippen molar-refractivity contribution in [1.82, 2.24) is 0 Å². The van der Waals surface area contributed by atoms with E-state index in [1.54, 1.807) is 0 Å². The van der Waals surface area contributed by atoms with E-state index >= 15 is 0 Å². The average molecular weight is 143 g/mol. The van der Waals surface area contributed by atoms with Gasteiger partial charge in [0.1, 0.15) is 4.87 Å². The van der Waals surface area contributed by atoms with Crippen LogP contribution in [0.3, 0.4) is 0 Å². The fourth-order valence-corrected chi connectivity index (χ4v) is 1.40. The van der Waals surface area contributed by atoms with Gasteiger partial charge in [-0.2, -0.15) is 0 Å². The summed E-state index contributed by atoms with van der Waals surface area (Å²) in [5.41, 5.74) is 0.248. The molecule has 0 spiro atoms. The molecule has 0 aromatic heterocycles. The van der Waals surface area contributed by atoms with Crippen LogP contribution in [0.15, 0.2) is 0 Å². The molecule has 0 aromatic rings. The molecular formula is C8H11Cl. The first kappa shape index (κ1) is 6.96. The molecular weight excluding hydrogens is 132 g/mol. The molecule has 1 unspecified atom stereocenters. The Balaban J connectivity index is 2.70. The second-order valence-electron chi connectivity index (χ2n) is 3.24. The van der Waals surface area contributed by atoms with Crippen molar-refractivity contribution in [2.75, 3.05) is 0 Å². The predicted molar refractivity (Wildman–Crippen MR) is 40.4 cm³/mol. The molecule has 0 amide bonds. The van der Waals surface area contributed by atoms with E-state index in [0.717, 1.165) is 6.42 Å². The number of rotatable bonds is 0. The maximum Gasteiger partial charge on any atom is 0.111 e. The molecule has 0 N–H and O–H groups in total. The van der Waals surface area contributed by atoms with Crippen molar-refractivity contribution in [3.05, 3.63) is 0 Å². The summed E-state index contributed by atoms with van der Waals surface area (Å²) in [6, 6.07) is 0. The first-order chi connectivity index (χ1) is 4.02. The van der Waals surface area contributed by atoms with Gasteiger partial charge >= 0.3 is 0 Å². The molecule has 0 saturated heterocycles. The maximum absolute atomic E-state index is 6.06. The van der Waals surface area contributed by atoms with E-state index < -0.39 is 0 Å². The maximum atomic E-state index is 6.06. The Morgan fingerprint density at radius 3 is 2.00 bits per heavy atom. The van der Waals surface area contributed by atoms with Crippen LogP contribution in [-0.4, -0.2) is 4.87 Å². The van der Waals surface area contributed by atoms with Gasteiger partial charge in [-0.05, 0) is 18.8 Å². The highest BCUT2D eigenvalue weighted by molar-refractivity contribution is 6.29. The molecule has 50 valence electrons. The summed E-state index contributed by atoms with van der Waals surface area (Å²) in [7, 11) is 0. The standard InChI is InChI=1S/C8H11Cl/c1-4-5-8(9)6-7(8,2)3/h6H2,1-3H3. The van der Waals surface area contributed by atoms with Crippen LogP contribution < -0.4 is 0 Å². The van der Waals surface area contributed by atoms with E-state index in [2.05, 4.69) is 25.7 Å². The number of hydrogen-bond acceptors (Lipinski definition) is 0.